The first-order valence-corrected chi connectivity index (χ1v) is 16.7. The van der Waals surface area contributed by atoms with Gasteiger partial charge in [-0.05, 0) is 80.3 Å². The number of benzene rings is 8. The van der Waals surface area contributed by atoms with E-state index in [0.29, 0.717) is 0 Å². The van der Waals surface area contributed by atoms with E-state index < -0.39 is 0 Å². The van der Waals surface area contributed by atoms with Gasteiger partial charge < -0.3 is 13.9 Å². The molecule has 220 valence electrons. The van der Waals surface area contributed by atoms with Crippen molar-refractivity contribution in [2.24, 2.45) is 0 Å². The van der Waals surface area contributed by atoms with Crippen LogP contribution in [0.4, 0.5) is 17.1 Å². The predicted molar refractivity (Wildman–Crippen MR) is 202 cm³/mol. The molecular formula is C44H25BN2O. The normalized spacial score (nSPS) is 13.3. The maximum absolute atomic E-state index is 7.03. The molecule has 2 aliphatic rings. The number of rotatable bonds is 1. The van der Waals surface area contributed by atoms with Gasteiger partial charge in [0.15, 0.2) is 0 Å². The van der Waals surface area contributed by atoms with Crippen molar-refractivity contribution >= 4 is 105 Å². The summed E-state index contributed by atoms with van der Waals surface area (Å²) in [6.07, 6.45) is 0. The van der Waals surface area contributed by atoms with Crippen LogP contribution >= 0.6 is 0 Å². The van der Waals surface area contributed by atoms with Gasteiger partial charge in [0.05, 0.1) is 22.4 Å². The third-order valence-corrected chi connectivity index (χ3v) is 10.9. The highest BCUT2D eigenvalue weighted by molar-refractivity contribution is 7.00. The summed E-state index contributed by atoms with van der Waals surface area (Å²) >= 11 is 0. The smallest absolute Gasteiger partial charge is 0.297 e. The summed E-state index contributed by atoms with van der Waals surface area (Å²) in [6, 6.07) is 55.4. The van der Waals surface area contributed by atoms with Crippen molar-refractivity contribution < 1.29 is 4.42 Å². The molecule has 10 aromatic rings. The molecule has 4 heteroatoms. The average Bonchev–Trinajstić information content (AvgIpc) is 3.71. The van der Waals surface area contributed by atoms with Gasteiger partial charge in [-0.3, -0.25) is 0 Å². The van der Waals surface area contributed by atoms with Gasteiger partial charge in [0.25, 0.3) is 6.71 Å². The molecule has 2 aliphatic heterocycles. The molecular weight excluding hydrogens is 583 g/mol. The van der Waals surface area contributed by atoms with E-state index in [-0.39, 0.29) is 6.71 Å². The van der Waals surface area contributed by atoms with Gasteiger partial charge in [-0.25, -0.2) is 0 Å². The van der Waals surface area contributed by atoms with Crippen molar-refractivity contribution in [1.82, 2.24) is 4.57 Å². The van der Waals surface area contributed by atoms with Crippen molar-refractivity contribution in [3.8, 4) is 5.69 Å². The quantitative estimate of drug-likeness (QED) is 0.137. The molecule has 0 atom stereocenters. The second kappa shape index (κ2) is 8.75. The fraction of sp³-hybridized carbons (Fsp3) is 0. The third kappa shape index (κ3) is 2.89. The van der Waals surface area contributed by atoms with Crippen LogP contribution in [0.1, 0.15) is 0 Å². The van der Waals surface area contributed by atoms with E-state index in [1.165, 1.54) is 76.4 Å². The molecule has 48 heavy (non-hydrogen) atoms. The third-order valence-electron chi connectivity index (χ3n) is 10.9. The highest BCUT2D eigenvalue weighted by Gasteiger charge is 2.45. The van der Waals surface area contributed by atoms with Crippen LogP contribution in [-0.4, -0.2) is 11.3 Å². The topological polar surface area (TPSA) is 21.3 Å². The van der Waals surface area contributed by atoms with Crippen LogP contribution in [0.25, 0.3) is 70.8 Å². The highest BCUT2D eigenvalue weighted by atomic mass is 16.3. The summed E-state index contributed by atoms with van der Waals surface area (Å²) < 4.78 is 9.57. The van der Waals surface area contributed by atoms with Gasteiger partial charge in [0, 0.05) is 38.6 Å². The number of anilines is 3. The minimum atomic E-state index is -0.0764. The Balaban J connectivity index is 1.35. The van der Waals surface area contributed by atoms with E-state index >= 15 is 0 Å². The molecule has 0 aliphatic carbocycles. The largest absolute Gasteiger partial charge is 0.468 e. The molecule has 0 saturated heterocycles. The average molecular weight is 609 g/mol. The van der Waals surface area contributed by atoms with E-state index in [1.54, 1.807) is 0 Å². The summed E-state index contributed by atoms with van der Waals surface area (Å²) in [4.78, 5) is 2.42. The van der Waals surface area contributed by atoms with Crippen LogP contribution in [0, 0.1) is 0 Å². The molecule has 0 saturated carbocycles. The predicted octanol–water partition coefficient (Wildman–Crippen LogP) is 9.60. The number of furan rings is 1. The standard InChI is InChI=1S/C44H25BN2O/c1-2-13-26(14-3-1)46-36-22-12-23-37-41(36)45(44-42(46)32-20-9-11-24-38(32)48-44)34-25-33-29-17-5-4-15-27(29)28-16-6-7-18-30(28)39(33)40-31-19-8-10-21-35(31)47(37)43(34)40/h1-25H. The molecule has 3 nitrogen and oxygen atoms in total. The number of hydrogen-bond acceptors (Lipinski definition) is 2. The molecule has 0 spiro atoms. The number of para-hydroxylation sites is 3. The van der Waals surface area contributed by atoms with E-state index in [0.717, 1.165) is 28.0 Å². The zero-order valence-corrected chi connectivity index (χ0v) is 25.8. The minimum absolute atomic E-state index is 0.0764. The van der Waals surface area contributed by atoms with Crippen molar-refractivity contribution in [2.75, 3.05) is 4.90 Å². The highest BCUT2D eigenvalue weighted by Crippen LogP contribution is 2.47. The first-order chi connectivity index (χ1) is 23.9. The number of nitrogens with zero attached hydrogens (tertiary/aromatic N) is 2. The van der Waals surface area contributed by atoms with Crippen molar-refractivity contribution in [3.63, 3.8) is 0 Å². The molecule has 4 heterocycles. The monoisotopic (exact) mass is 608 g/mol. The molecule has 2 aromatic heterocycles. The van der Waals surface area contributed by atoms with Crippen LogP contribution in [0.2, 0.25) is 0 Å². The van der Waals surface area contributed by atoms with Gasteiger partial charge in [-0.2, -0.15) is 0 Å². The second-order valence-corrected chi connectivity index (χ2v) is 13.2. The molecule has 0 unspecified atom stereocenters. The molecule has 0 radical (unpaired) electrons. The van der Waals surface area contributed by atoms with Gasteiger partial charge >= 0.3 is 0 Å². The summed E-state index contributed by atoms with van der Waals surface area (Å²) in [5, 5.41) is 11.5. The fourth-order valence-corrected chi connectivity index (χ4v) is 9.15. The zero-order chi connectivity index (χ0) is 31.1. The van der Waals surface area contributed by atoms with Gasteiger partial charge in [-0.15, -0.1) is 0 Å². The molecule has 0 N–H and O–H groups in total. The second-order valence-electron chi connectivity index (χ2n) is 13.2. The van der Waals surface area contributed by atoms with Crippen LogP contribution in [0.5, 0.6) is 0 Å². The lowest BCUT2D eigenvalue weighted by atomic mass is 9.36. The Bertz CT molecular complexity index is 3030. The molecule has 8 aromatic carbocycles. The Kier molecular flexibility index (Phi) is 4.54. The Morgan fingerprint density at radius 2 is 1.10 bits per heavy atom. The van der Waals surface area contributed by atoms with Crippen LogP contribution in [-0.2, 0) is 0 Å². The zero-order valence-electron chi connectivity index (χ0n) is 25.8. The van der Waals surface area contributed by atoms with Gasteiger partial charge in [-0.1, -0.05) is 109 Å². The molecule has 12 rings (SSSR count). The summed E-state index contributed by atoms with van der Waals surface area (Å²) in [5.41, 5.74) is 11.7. The lowest BCUT2D eigenvalue weighted by molar-refractivity contribution is 0.651. The van der Waals surface area contributed by atoms with E-state index in [4.69, 9.17) is 4.42 Å². The Morgan fingerprint density at radius 3 is 1.92 bits per heavy atom. The van der Waals surface area contributed by atoms with E-state index in [1.807, 2.05) is 0 Å². The maximum atomic E-state index is 7.03. The van der Waals surface area contributed by atoms with Crippen molar-refractivity contribution in [2.45, 2.75) is 0 Å². The van der Waals surface area contributed by atoms with Crippen molar-refractivity contribution in [1.29, 1.82) is 0 Å². The van der Waals surface area contributed by atoms with Crippen molar-refractivity contribution in [3.05, 3.63) is 152 Å². The Labute approximate surface area is 275 Å². The summed E-state index contributed by atoms with van der Waals surface area (Å²) in [7, 11) is 0. The van der Waals surface area contributed by atoms with Crippen LogP contribution in [0.3, 0.4) is 0 Å². The SMILES string of the molecule is c1ccc(N2c3cccc4c3B(c3oc5ccccc5c32)c2cc3c5ccccc5c5ccccc5c3c3c5ccccc5n-4c23)cc1. The number of aromatic nitrogens is 1. The number of fused-ring (bicyclic) bond motifs is 16. The van der Waals surface area contributed by atoms with E-state index in [9.17, 15) is 0 Å². The van der Waals surface area contributed by atoms with E-state index in [2.05, 4.69) is 161 Å². The van der Waals surface area contributed by atoms with Gasteiger partial charge in [0.1, 0.15) is 5.58 Å². The molecule has 0 fully saturated rings. The first kappa shape index (κ1) is 24.9. The lowest BCUT2D eigenvalue weighted by Crippen LogP contribution is -2.60. The molecule has 0 amide bonds. The Hall–Kier alpha value is -6.26. The minimum Gasteiger partial charge on any atom is -0.468 e. The summed E-state index contributed by atoms with van der Waals surface area (Å²) in [6.45, 7) is -0.0764. The number of hydrogen-bond donors (Lipinski definition) is 0. The Morgan fingerprint density at radius 1 is 0.479 bits per heavy atom. The molecule has 0 bridgehead atoms. The maximum Gasteiger partial charge on any atom is 0.297 e. The van der Waals surface area contributed by atoms with Crippen LogP contribution < -0.4 is 21.5 Å². The lowest BCUT2D eigenvalue weighted by Gasteiger charge is -2.38. The fourth-order valence-electron chi connectivity index (χ4n) is 9.15. The van der Waals surface area contributed by atoms with Gasteiger partial charge in [0.2, 0.25) is 0 Å². The first-order valence-electron chi connectivity index (χ1n) is 16.7. The van der Waals surface area contributed by atoms with Crippen LogP contribution in [0.15, 0.2) is 156 Å². The summed E-state index contributed by atoms with van der Waals surface area (Å²) in [5.74, 6) is 0.